The molecule has 0 aliphatic rings. The van der Waals surface area contributed by atoms with E-state index in [1.807, 2.05) is 0 Å². The largest absolute Gasteiger partial charge is 0.543 e. The Balaban J connectivity index is 3.15. The van der Waals surface area contributed by atoms with Crippen LogP contribution in [0.2, 0.25) is 0 Å². The highest BCUT2D eigenvalue weighted by Gasteiger charge is 2.17. The average molecular weight is 229 g/mol. The maximum absolute atomic E-state index is 11.5. The summed E-state index contributed by atoms with van der Waals surface area (Å²) >= 11 is 0. The van der Waals surface area contributed by atoms with Gasteiger partial charge < -0.3 is 9.90 Å². The highest BCUT2D eigenvalue weighted by Crippen LogP contribution is 2.11. The third kappa shape index (κ3) is 2.31. The van der Waals surface area contributed by atoms with Gasteiger partial charge >= 0.3 is 0 Å². The van der Waals surface area contributed by atoms with Crippen LogP contribution in [0.5, 0.6) is 0 Å². The van der Waals surface area contributed by atoms with Gasteiger partial charge in [-0.15, -0.1) is 0 Å². The lowest BCUT2D eigenvalue weighted by Crippen LogP contribution is -2.25. The first kappa shape index (κ1) is 11.6. The third-order valence-corrected chi connectivity index (χ3v) is 3.52. The molecule has 0 saturated heterocycles. The number of carbonyl (C=O) groups is 1. The van der Waals surface area contributed by atoms with E-state index in [0.29, 0.717) is 0 Å². The summed E-state index contributed by atoms with van der Waals surface area (Å²) in [5.74, 6) is -1.44. The Morgan fingerprint density at radius 3 is 2.33 bits per heavy atom. The first-order chi connectivity index (χ1) is 6.85. The minimum absolute atomic E-state index is 0.0579. The third-order valence-electron chi connectivity index (χ3n) is 1.72. The number of pyridine rings is 1. The molecule has 0 fully saturated rings. The van der Waals surface area contributed by atoms with Crippen LogP contribution >= 0.6 is 0 Å². The summed E-state index contributed by atoms with van der Waals surface area (Å²) in [6.07, 6.45) is 0.987. The first-order valence-electron chi connectivity index (χ1n) is 3.95. The number of hydrogen-bond donors (Lipinski definition) is 0. The molecule has 1 aromatic heterocycles. The molecule has 0 aromatic carbocycles. The molecule has 1 aromatic rings. The molecule has 0 amide bonds. The predicted molar refractivity (Wildman–Crippen MR) is 49.4 cm³/mol. The zero-order chi connectivity index (χ0) is 11.6. The molecule has 0 bridgehead atoms. The lowest BCUT2D eigenvalue weighted by Gasteiger charge is -2.11. The number of carboxylic acid groups (broad SMARTS) is 1. The summed E-state index contributed by atoms with van der Waals surface area (Å²) in [6.45, 7) is 0. The van der Waals surface area contributed by atoms with Crippen LogP contribution in [0.25, 0.3) is 0 Å². The van der Waals surface area contributed by atoms with Crippen LogP contribution in [-0.2, 0) is 10.0 Å². The number of rotatable bonds is 3. The lowest BCUT2D eigenvalue weighted by atomic mass is 10.4. The smallest absolute Gasteiger partial charge is 0.244 e. The van der Waals surface area contributed by atoms with E-state index in [-0.39, 0.29) is 10.6 Å². The van der Waals surface area contributed by atoms with Crippen molar-refractivity contribution in [2.75, 3.05) is 14.1 Å². The van der Waals surface area contributed by atoms with E-state index in [4.69, 9.17) is 0 Å². The first-order valence-corrected chi connectivity index (χ1v) is 5.39. The number of hydrogen-bond acceptors (Lipinski definition) is 5. The molecule has 0 saturated carbocycles. The molecular formula is C8H9N2O4S-. The minimum atomic E-state index is -3.56. The van der Waals surface area contributed by atoms with Crippen molar-refractivity contribution in [3.05, 3.63) is 24.0 Å². The Bertz CT molecular complexity index is 464. The topological polar surface area (TPSA) is 90.4 Å². The Hall–Kier alpha value is -1.47. The fraction of sp³-hybridized carbons (Fsp3) is 0.250. The van der Waals surface area contributed by atoms with E-state index in [1.54, 1.807) is 0 Å². The van der Waals surface area contributed by atoms with E-state index in [0.717, 1.165) is 16.6 Å². The number of carboxylic acids is 1. The maximum Gasteiger partial charge on any atom is 0.244 e. The van der Waals surface area contributed by atoms with Crippen LogP contribution in [0, 0.1) is 0 Å². The molecule has 15 heavy (non-hydrogen) atoms. The van der Waals surface area contributed by atoms with Gasteiger partial charge in [-0.05, 0) is 12.1 Å². The summed E-state index contributed by atoms with van der Waals surface area (Å²) < 4.78 is 24.1. The number of aromatic carboxylic acids is 1. The number of aromatic nitrogens is 1. The second-order valence-corrected chi connectivity index (χ2v) is 5.11. The average Bonchev–Trinajstić information content (AvgIpc) is 2.17. The highest BCUT2D eigenvalue weighted by atomic mass is 32.2. The molecule has 6 nitrogen and oxygen atoms in total. The second-order valence-electron chi connectivity index (χ2n) is 2.95. The fourth-order valence-corrected chi connectivity index (χ4v) is 1.71. The van der Waals surface area contributed by atoms with Gasteiger partial charge in [0, 0.05) is 20.3 Å². The van der Waals surface area contributed by atoms with Crippen molar-refractivity contribution in [1.82, 2.24) is 9.29 Å². The Morgan fingerprint density at radius 1 is 1.40 bits per heavy atom. The quantitative estimate of drug-likeness (QED) is 0.642. The molecular weight excluding hydrogens is 220 g/mol. The summed E-state index contributed by atoms with van der Waals surface area (Å²) in [5.41, 5.74) is -0.298. The molecule has 1 heterocycles. The summed E-state index contributed by atoms with van der Waals surface area (Å²) in [7, 11) is -0.808. The molecule has 0 aliphatic heterocycles. The molecule has 82 valence electrons. The van der Waals surface area contributed by atoms with E-state index in [1.165, 1.54) is 20.2 Å². The van der Waals surface area contributed by atoms with Gasteiger partial charge in [0.25, 0.3) is 0 Å². The van der Waals surface area contributed by atoms with Gasteiger partial charge in [-0.3, -0.25) is 4.98 Å². The van der Waals surface area contributed by atoms with Crippen molar-refractivity contribution < 1.29 is 18.3 Å². The van der Waals surface area contributed by atoms with Gasteiger partial charge in [0.2, 0.25) is 10.0 Å². The van der Waals surface area contributed by atoms with Gasteiger partial charge in [0.1, 0.15) is 4.90 Å². The number of sulfonamides is 1. The zero-order valence-electron chi connectivity index (χ0n) is 8.17. The van der Waals surface area contributed by atoms with Crippen molar-refractivity contribution in [2.24, 2.45) is 0 Å². The standard InChI is InChI=1S/C8H10N2O4S/c1-10(2)15(13,14)6-3-4-7(8(11)12)9-5-6/h3-5H,1-2H3,(H,11,12)/p-1. The molecule has 0 unspecified atom stereocenters. The second kappa shape index (κ2) is 3.95. The molecule has 0 atom stereocenters. The monoisotopic (exact) mass is 229 g/mol. The van der Waals surface area contributed by atoms with E-state index >= 15 is 0 Å². The van der Waals surface area contributed by atoms with Crippen LogP contribution in [0.3, 0.4) is 0 Å². The van der Waals surface area contributed by atoms with Crippen LogP contribution < -0.4 is 5.11 Å². The SMILES string of the molecule is CN(C)S(=O)(=O)c1ccc(C(=O)[O-])nc1. The van der Waals surface area contributed by atoms with E-state index < -0.39 is 16.0 Å². The van der Waals surface area contributed by atoms with Gasteiger partial charge in [-0.2, -0.15) is 0 Å². The zero-order valence-corrected chi connectivity index (χ0v) is 8.98. The number of nitrogens with zero attached hydrogens (tertiary/aromatic N) is 2. The molecule has 7 heteroatoms. The summed E-state index contributed by atoms with van der Waals surface area (Å²) in [5, 5.41) is 10.4. The fourth-order valence-electron chi connectivity index (χ4n) is 0.864. The van der Waals surface area contributed by atoms with Crippen LogP contribution in [-0.4, -0.2) is 37.8 Å². The normalized spacial score (nSPS) is 11.7. The van der Waals surface area contributed by atoms with Gasteiger partial charge in [-0.1, -0.05) is 0 Å². The van der Waals surface area contributed by atoms with Crippen molar-refractivity contribution in [2.45, 2.75) is 4.90 Å². The molecule has 0 N–H and O–H groups in total. The van der Waals surface area contributed by atoms with Crippen molar-refractivity contribution in [3.63, 3.8) is 0 Å². The van der Waals surface area contributed by atoms with Gasteiger partial charge in [0.05, 0.1) is 11.7 Å². The van der Waals surface area contributed by atoms with E-state index in [2.05, 4.69) is 4.98 Å². The van der Waals surface area contributed by atoms with Crippen molar-refractivity contribution in [1.29, 1.82) is 0 Å². The van der Waals surface area contributed by atoms with Gasteiger partial charge in [-0.25, -0.2) is 12.7 Å². The maximum atomic E-state index is 11.5. The lowest BCUT2D eigenvalue weighted by molar-refractivity contribution is -0.255. The Labute approximate surface area is 87.2 Å². The Morgan fingerprint density at radius 2 is 2.00 bits per heavy atom. The summed E-state index contributed by atoms with van der Waals surface area (Å²) in [4.78, 5) is 13.8. The minimum Gasteiger partial charge on any atom is -0.543 e. The highest BCUT2D eigenvalue weighted by molar-refractivity contribution is 7.89. The Kier molecular flexibility index (Phi) is 3.06. The number of carbonyl (C=O) groups excluding carboxylic acids is 1. The molecule has 0 aliphatic carbocycles. The van der Waals surface area contributed by atoms with Gasteiger partial charge in [0.15, 0.2) is 0 Å². The molecule has 0 radical (unpaired) electrons. The molecule has 1 rings (SSSR count). The van der Waals surface area contributed by atoms with Crippen molar-refractivity contribution >= 4 is 16.0 Å². The van der Waals surface area contributed by atoms with Crippen molar-refractivity contribution in [3.8, 4) is 0 Å². The summed E-state index contributed by atoms with van der Waals surface area (Å²) in [6, 6.07) is 2.26. The predicted octanol–water partition coefficient (Wildman–Crippen LogP) is -1.30. The van der Waals surface area contributed by atoms with Crippen LogP contribution in [0.4, 0.5) is 0 Å². The van der Waals surface area contributed by atoms with E-state index in [9.17, 15) is 18.3 Å². The molecule has 0 spiro atoms. The van der Waals surface area contributed by atoms with Crippen LogP contribution in [0.15, 0.2) is 23.2 Å². The van der Waals surface area contributed by atoms with Crippen LogP contribution in [0.1, 0.15) is 10.5 Å².